The number of anilines is 1. The van der Waals surface area contributed by atoms with Crippen molar-refractivity contribution in [2.45, 2.75) is 31.7 Å². The summed E-state index contributed by atoms with van der Waals surface area (Å²) >= 11 is 8.28. The molecule has 1 atom stereocenters. The number of carbonyl (C=O) groups is 2. The summed E-state index contributed by atoms with van der Waals surface area (Å²) < 4.78 is 0.910. The molecule has 7 heteroatoms. The van der Waals surface area contributed by atoms with E-state index in [4.69, 9.17) is 11.6 Å². The van der Waals surface area contributed by atoms with Crippen LogP contribution in [0.3, 0.4) is 0 Å². The number of carbonyl (C=O) groups excluding carboxylic acids is 2. The monoisotopic (exact) mass is 512 g/mol. The highest BCUT2D eigenvalue weighted by atomic mass is 127. The van der Waals surface area contributed by atoms with Gasteiger partial charge < -0.3 is 15.3 Å². The predicted molar refractivity (Wildman–Crippen MR) is 119 cm³/mol. The third-order valence-electron chi connectivity index (χ3n) is 4.93. The van der Waals surface area contributed by atoms with Gasteiger partial charge in [0.2, 0.25) is 0 Å². The molecule has 148 valence electrons. The van der Waals surface area contributed by atoms with Gasteiger partial charge in [0.15, 0.2) is 0 Å². The first-order chi connectivity index (χ1) is 13.5. The second-order valence-electron chi connectivity index (χ2n) is 6.78. The van der Waals surface area contributed by atoms with Crippen LogP contribution in [0.15, 0.2) is 42.5 Å². The highest BCUT2D eigenvalue weighted by Gasteiger charge is 2.29. The van der Waals surface area contributed by atoms with Crippen molar-refractivity contribution < 1.29 is 14.7 Å². The molecule has 5 nitrogen and oxygen atoms in total. The Morgan fingerprint density at radius 3 is 2.71 bits per heavy atom. The van der Waals surface area contributed by atoms with Gasteiger partial charge in [-0.2, -0.15) is 0 Å². The van der Waals surface area contributed by atoms with E-state index in [1.54, 1.807) is 36.4 Å². The molecule has 1 fully saturated rings. The average Bonchev–Trinajstić information content (AvgIpc) is 2.70. The molecule has 0 saturated carbocycles. The Balaban J connectivity index is 1.89. The van der Waals surface area contributed by atoms with Gasteiger partial charge in [0.1, 0.15) is 0 Å². The summed E-state index contributed by atoms with van der Waals surface area (Å²) in [5.41, 5.74) is 1.28. The zero-order chi connectivity index (χ0) is 20.1. The molecule has 2 N–H and O–H groups in total. The summed E-state index contributed by atoms with van der Waals surface area (Å²) in [4.78, 5) is 27.8. The Labute approximate surface area is 183 Å². The molecule has 2 aromatic carbocycles. The van der Waals surface area contributed by atoms with Crippen molar-refractivity contribution in [3.63, 3.8) is 0 Å². The van der Waals surface area contributed by atoms with E-state index in [1.807, 2.05) is 11.0 Å². The number of aliphatic hydroxyl groups is 1. The normalized spacial score (nSPS) is 16.7. The fourth-order valence-corrected chi connectivity index (χ4v) is 4.22. The Hall–Kier alpha value is -1.64. The largest absolute Gasteiger partial charge is 0.396 e. The molecule has 28 heavy (non-hydrogen) atoms. The number of nitrogens with one attached hydrogen (secondary N) is 1. The lowest BCUT2D eigenvalue weighted by Gasteiger charge is -2.36. The van der Waals surface area contributed by atoms with Crippen LogP contribution in [0.25, 0.3) is 0 Å². The number of hydrogen-bond acceptors (Lipinski definition) is 3. The fourth-order valence-electron chi connectivity index (χ4n) is 3.51. The molecule has 1 aliphatic rings. The van der Waals surface area contributed by atoms with Crippen LogP contribution in [0, 0.1) is 3.57 Å². The summed E-state index contributed by atoms with van der Waals surface area (Å²) in [7, 11) is 0. The molecular formula is C21H22ClIN2O3. The SMILES string of the molecule is O=C(Nc1ccc(I)cc1C(=O)N1CCCC[C@@H]1CCO)c1ccccc1Cl. The maximum Gasteiger partial charge on any atom is 0.257 e. The van der Waals surface area contributed by atoms with Gasteiger partial charge in [-0.3, -0.25) is 9.59 Å². The van der Waals surface area contributed by atoms with E-state index >= 15 is 0 Å². The van der Waals surface area contributed by atoms with E-state index in [0.29, 0.717) is 34.8 Å². The minimum Gasteiger partial charge on any atom is -0.396 e. The van der Waals surface area contributed by atoms with E-state index in [-0.39, 0.29) is 24.5 Å². The Morgan fingerprint density at radius 1 is 1.18 bits per heavy atom. The van der Waals surface area contributed by atoms with Crippen LogP contribution >= 0.6 is 34.2 Å². The maximum absolute atomic E-state index is 13.3. The highest BCUT2D eigenvalue weighted by Crippen LogP contribution is 2.27. The fraction of sp³-hybridized carbons (Fsp3) is 0.333. The number of piperidine rings is 1. The quantitative estimate of drug-likeness (QED) is 0.577. The second-order valence-corrected chi connectivity index (χ2v) is 8.44. The van der Waals surface area contributed by atoms with Gasteiger partial charge >= 0.3 is 0 Å². The minimum atomic E-state index is -0.355. The number of amides is 2. The lowest BCUT2D eigenvalue weighted by Crippen LogP contribution is -2.44. The average molecular weight is 513 g/mol. The van der Waals surface area contributed by atoms with Crippen molar-refractivity contribution in [1.82, 2.24) is 4.90 Å². The smallest absolute Gasteiger partial charge is 0.257 e. The van der Waals surface area contributed by atoms with Gasteiger partial charge in [-0.1, -0.05) is 23.7 Å². The van der Waals surface area contributed by atoms with E-state index in [1.165, 1.54) is 0 Å². The van der Waals surface area contributed by atoms with Gasteiger partial charge in [0.05, 0.1) is 21.8 Å². The minimum absolute atomic E-state index is 0.0243. The lowest BCUT2D eigenvalue weighted by molar-refractivity contribution is 0.0575. The molecule has 0 aliphatic carbocycles. The third-order valence-corrected chi connectivity index (χ3v) is 5.93. The summed E-state index contributed by atoms with van der Waals surface area (Å²) in [6, 6.07) is 12.2. The van der Waals surface area contributed by atoms with Gasteiger partial charge in [-0.15, -0.1) is 0 Å². The molecule has 1 saturated heterocycles. The number of rotatable bonds is 5. The zero-order valence-corrected chi connectivity index (χ0v) is 18.2. The molecule has 2 aromatic rings. The lowest BCUT2D eigenvalue weighted by atomic mass is 9.98. The van der Waals surface area contributed by atoms with Crippen molar-refractivity contribution >= 4 is 51.7 Å². The number of aliphatic hydroxyl groups excluding tert-OH is 1. The molecule has 2 amide bonds. The number of halogens is 2. The molecule has 1 heterocycles. The number of likely N-dealkylation sites (tertiary alicyclic amines) is 1. The predicted octanol–water partition coefficient (Wildman–Crippen LogP) is 4.57. The van der Waals surface area contributed by atoms with Crippen LogP contribution in [-0.4, -0.2) is 41.0 Å². The van der Waals surface area contributed by atoms with Crippen molar-refractivity contribution in [2.24, 2.45) is 0 Å². The Morgan fingerprint density at radius 2 is 1.96 bits per heavy atom. The molecule has 0 spiro atoms. The highest BCUT2D eigenvalue weighted by molar-refractivity contribution is 14.1. The van der Waals surface area contributed by atoms with Gasteiger partial charge in [-0.05, 0) is 78.6 Å². The standard InChI is InChI=1S/C21H22ClIN2O3/c22-18-7-2-1-6-16(18)20(27)24-19-9-8-14(23)13-17(19)21(28)25-11-4-3-5-15(25)10-12-26/h1-2,6-9,13,15,26H,3-5,10-12H2,(H,24,27)/t15-/m1/s1. The van der Waals surface area contributed by atoms with Crippen LogP contribution in [0.2, 0.25) is 5.02 Å². The van der Waals surface area contributed by atoms with E-state index in [2.05, 4.69) is 27.9 Å². The molecule has 3 rings (SSSR count). The van der Waals surface area contributed by atoms with E-state index in [0.717, 1.165) is 22.8 Å². The van der Waals surface area contributed by atoms with Crippen molar-refractivity contribution in [3.05, 3.63) is 62.2 Å². The summed E-state index contributed by atoms with van der Waals surface area (Å²) in [5, 5.41) is 12.5. The number of nitrogens with zero attached hydrogens (tertiary/aromatic N) is 1. The number of benzene rings is 2. The Kier molecular flexibility index (Phi) is 7.31. The van der Waals surface area contributed by atoms with Crippen molar-refractivity contribution in [3.8, 4) is 0 Å². The van der Waals surface area contributed by atoms with Crippen molar-refractivity contribution in [1.29, 1.82) is 0 Å². The van der Waals surface area contributed by atoms with Crippen LogP contribution in [0.1, 0.15) is 46.4 Å². The van der Waals surface area contributed by atoms with E-state index in [9.17, 15) is 14.7 Å². The molecular weight excluding hydrogens is 491 g/mol. The summed E-state index contributed by atoms with van der Waals surface area (Å²) in [5.74, 6) is -0.475. The summed E-state index contributed by atoms with van der Waals surface area (Å²) in [6.07, 6.45) is 3.45. The van der Waals surface area contributed by atoms with Crippen LogP contribution < -0.4 is 5.32 Å². The van der Waals surface area contributed by atoms with Gasteiger partial charge in [-0.25, -0.2) is 0 Å². The maximum atomic E-state index is 13.3. The van der Waals surface area contributed by atoms with Crippen molar-refractivity contribution in [2.75, 3.05) is 18.5 Å². The first kappa shape index (κ1) is 21.1. The molecule has 0 radical (unpaired) electrons. The third kappa shape index (κ3) is 4.85. The van der Waals surface area contributed by atoms with Gasteiger partial charge in [0, 0.05) is 22.8 Å². The summed E-state index contributed by atoms with van der Waals surface area (Å²) in [6.45, 7) is 0.712. The molecule has 0 bridgehead atoms. The molecule has 0 unspecified atom stereocenters. The number of hydrogen-bond donors (Lipinski definition) is 2. The zero-order valence-electron chi connectivity index (χ0n) is 15.3. The van der Waals surface area contributed by atoms with Crippen LogP contribution in [0.5, 0.6) is 0 Å². The first-order valence-electron chi connectivity index (χ1n) is 9.28. The van der Waals surface area contributed by atoms with Crippen LogP contribution in [0.4, 0.5) is 5.69 Å². The van der Waals surface area contributed by atoms with Crippen LogP contribution in [-0.2, 0) is 0 Å². The molecule has 0 aromatic heterocycles. The van der Waals surface area contributed by atoms with Gasteiger partial charge in [0.25, 0.3) is 11.8 Å². The second kappa shape index (κ2) is 9.71. The Bertz CT molecular complexity index is 872. The van der Waals surface area contributed by atoms with E-state index < -0.39 is 0 Å². The topological polar surface area (TPSA) is 69.6 Å². The molecule has 1 aliphatic heterocycles. The first-order valence-corrected chi connectivity index (χ1v) is 10.7.